The third-order valence-electron chi connectivity index (χ3n) is 3.06. The van der Waals surface area contributed by atoms with E-state index in [1.807, 2.05) is 0 Å². The number of benzene rings is 1. The van der Waals surface area contributed by atoms with Crippen LogP contribution in [0.1, 0.15) is 0 Å². The third kappa shape index (κ3) is 3.20. The highest BCUT2D eigenvalue weighted by Crippen LogP contribution is 2.24. The van der Waals surface area contributed by atoms with Crippen molar-refractivity contribution < 1.29 is 17.7 Å². The quantitative estimate of drug-likeness (QED) is 0.767. The fourth-order valence-electron chi connectivity index (χ4n) is 1.91. The Labute approximate surface area is 132 Å². The molecule has 9 heteroatoms. The lowest BCUT2D eigenvalue weighted by Gasteiger charge is -1.99. The van der Waals surface area contributed by atoms with E-state index in [4.69, 9.17) is 14.4 Å². The highest BCUT2D eigenvalue weighted by atomic mass is 32.2. The molecule has 0 atom stereocenters. The Hall–Kier alpha value is -2.78. The number of hydrogen-bond acceptors (Lipinski definition) is 7. The average Bonchev–Trinajstić information content (AvgIpc) is 3.04. The van der Waals surface area contributed by atoms with Crippen LogP contribution in [0.15, 0.2) is 52.0 Å². The summed E-state index contributed by atoms with van der Waals surface area (Å²) >= 11 is 0. The van der Waals surface area contributed by atoms with Crippen molar-refractivity contribution in [1.29, 1.82) is 0 Å². The number of nitrogens with zero attached hydrogens (tertiary/aromatic N) is 3. The van der Waals surface area contributed by atoms with Gasteiger partial charge in [-0.05, 0) is 30.3 Å². The fraction of sp³-hybridized carbons (Fsp3) is 0.0714. The average molecular weight is 332 g/mol. The van der Waals surface area contributed by atoms with Crippen LogP contribution in [0, 0.1) is 0 Å². The molecule has 0 spiro atoms. The zero-order valence-electron chi connectivity index (χ0n) is 12.0. The van der Waals surface area contributed by atoms with Gasteiger partial charge in [0, 0.05) is 23.4 Å². The highest BCUT2D eigenvalue weighted by molar-refractivity contribution is 7.89. The van der Waals surface area contributed by atoms with Gasteiger partial charge in [-0.25, -0.2) is 18.5 Å². The molecule has 0 aliphatic heterocycles. The molecule has 1 aromatic carbocycles. The lowest BCUT2D eigenvalue weighted by atomic mass is 10.2. The van der Waals surface area contributed by atoms with E-state index >= 15 is 0 Å². The van der Waals surface area contributed by atoms with Crippen molar-refractivity contribution in [2.75, 3.05) is 7.11 Å². The number of methoxy groups -OCH3 is 1. The number of nitrogens with two attached hydrogens (primary N) is 1. The maximum Gasteiger partial charge on any atom is 0.258 e. The van der Waals surface area contributed by atoms with Gasteiger partial charge in [-0.1, -0.05) is 5.16 Å². The van der Waals surface area contributed by atoms with E-state index in [1.54, 1.807) is 30.5 Å². The molecule has 3 rings (SSSR count). The molecule has 0 saturated carbocycles. The molecule has 2 aromatic heterocycles. The molecule has 0 aliphatic rings. The van der Waals surface area contributed by atoms with Gasteiger partial charge in [0.25, 0.3) is 5.89 Å². The van der Waals surface area contributed by atoms with Gasteiger partial charge in [-0.3, -0.25) is 0 Å². The number of hydrogen-bond donors (Lipinski definition) is 1. The maximum atomic E-state index is 11.2. The summed E-state index contributed by atoms with van der Waals surface area (Å²) in [5.74, 6) is 1.06. The van der Waals surface area contributed by atoms with Gasteiger partial charge < -0.3 is 9.26 Å². The molecule has 2 N–H and O–H groups in total. The van der Waals surface area contributed by atoms with E-state index in [2.05, 4.69) is 15.1 Å². The van der Waals surface area contributed by atoms with Crippen LogP contribution in [0.4, 0.5) is 0 Å². The van der Waals surface area contributed by atoms with E-state index < -0.39 is 10.0 Å². The predicted molar refractivity (Wildman–Crippen MR) is 80.9 cm³/mol. The summed E-state index contributed by atoms with van der Waals surface area (Å²) in [6.07, 6.45) is 1.57. The third-order valence-corrected chi connectivity index (χ3v) is 3.99. The van der Waals surface area contributed by atoms with Crippen molar-refractivity contribution in [2.24, 2.45) is 5.14 Å². The topological polar surface area (TPSA) is 121 Å². The van der Waals surface area contributed by atoms with Gasteiger partial charge in [0.2, 0.25) is 21.7 Å². The Bertz CT molecular complexity index is 935. The van der Waals surface area contributed by atoms with Crippen LogP contribution < -0.4 is 9.88 Å². The Morgan fingerprint density at radius 2 is 1.87 bits per heavy atom. The standard InChI is InChI=1S/C14H12N4O4S/c1-21-12-8-10(6-7-16-12)14-17-13(18-22-14)9-2-4-11(5-3-9)23(15,19)20/h2-8H,1H3,(H2,15,19,20). The van der Waals surface area contributed by atoms with Crippen LogP contribution in [-0.4, -0.2) is 30.7 Å². The van der Waals surface area contributed by atoms with Crippen LogP contribution in [0.5, 0.6) is 5.88 Å². The first-order valence-corrected chi connectivity index (χ1v) is 7.99. The van der Waals surface area contributed by atoms with Gasteiger partial charge in [-0.15, -0.1) is 0 Å². The minimum atomic E-state index is -3.73. The number of rotatable bonds is 4. The molecular formula is C14H12N4O4S. The van der Waals surface area contributed by atoms with E-state index in [9.17, 15) is 8.42 Å². The number of sulfonamides is 1. The summed E-state index contributed by atoms with van der Waals surface area (Å²) in [4.78, 5) is 8.29. The largest absolute Gasteiger partial charge is 0.481 e. The number of primary sulfonamides is 1. The van der Waals surface area contributed by atoms with Crippen LogP contribution in [0.3, 0.4) is 0 Å². The SMILES string of the molecule is COc1cc(-c2nc(-c3ccc(S(N)(=O)=O)cc3)no2)ccn1. The Balaban J connectivity index is 1.92. The molecule has 118 valence electrons. The molecule has 0 fully saturated rings. The molecule has 0 amide bonds. The monoisotopic (exact) mass is 332 g/mol. The number of aromatic nitrogens is 3. The molecular weight excluding hydrogens is 320 g/mol. The molecule has 0 bridgehead atoms. The number of ether oxygens (including phenoxy) is 1. The van der Waals surface area contributed by atoms with Crippen molar-refractivity contribution >= 4 is 10.0 Å². The first-order valence-electron chi connectivity index (χ1n) is 6.45. The highest BCUT2D eigenvalue weighted by Gasteiger charge is 2.13. The second-order valence-corrected chi connectivity index (χ2v) is 6.14. The molecule has 0 saturated heterocycles. The van der Waals surface area contributed by atoms with E-state index in [0.717, 1.165) is 0 Å². The van der Waals surface area contributed by atoms with E-state index in [1.165, 1.54) is 19.2 Å². The first kappa shape index (κ1) is 15.1. The van der Waals surface area contributed by atoms with Gasteiger partial charge in [0.05, 0.1) is 12.0 Å². The molecule has 2 heterocycles. The molecule has 8 nitrogen and oxygen atoms in total. The number of pyridine rings is 1. The van der Waals surface area contributed by atoms with Crippen LogP contribution >= 0.6 is 0 Å². The molecule has 23 heavy (non-hydrogen) atoms. The summed E-state index contributed by atoms with van der Waals surface area (Å²) in [5, 5.41) is 8.94. The molecule has 0 radical (unpaired) electrons. The smallest absolute Gasteiger partial charge is 0.258 e. The first-order chi connectivity index (χ1) is 11.0. The van der Waals surface area contributed by atoms with Crippen LogP contribution in [0.2, 0.25) is 0 Å². The Kier molecular flexibility index (Phi) is 3.80. The van der Waals surface area contributed by atoms with Crippen molar-refractivity contribution in [3.05, 3.63) is 42.6 Å². The van der Waals surface area contributed by atoms with Gasteiger partial charge in [0.15, 0.2) is 0 Å². The summed E-state index contributed by atoms with van der Waals surface area (Å²) in [5.41, 5.74) is 1.27. The fourth-order valence-corrected chi connectivity index (χ4v) is 2.42. The van der Waals surface area contributed by atoms with Crippen molar-refractivity contribution in [1.82, 2.24) is 15.1 Å². The second kappa shape index (κ2) is 5.78. The van der Waals surface area contributed by atoms with E-state index in [-0.39, 0.29) is 4.90 Å². The van der Waals surface area contributed by atoms with Crippen LogP contribution in [0.25, 0.3) is 22.8 Å². The summed E-state index contributed by atoms with van der Waals surface area (Å²) < 4.78 is 32.7. The normalized spacial score (nSPS) is 11.4. The molecule has 0 aliphatic carbocycles. The summed E-state index contributed by atoms with van der Waals surface area (Å²) in [6.45, 7) is 0. The predicted octanol–water partition coefficient (Wildman–Crippen LogP) is 1.45. The second-order valence-electron chi connectivity index (χ2n) is 4.58. The van der Waals surface area contributed by atoms with Gasteiger partial charge in [-0.2, -0.15) is 4.98 Å². The Morgan fingerprint density at radius 1 is 1.13 bits per heavy atom. The summed E-state index contributed by atoms with van der Waals surface area (Å²) in [7, 11) is -2.22. The molecule has 3 aromatic rings. The van der Waals surface area contributed by atoms with E-state index in [0.29, 0.717) is 28.7 Å². The Morgan fingerprint density at radius 3 is 2.52 bits per heavy atom. The lowest BCUT2D eigenvalue weighted by Crippen LogP contribution is -2.11. The lowest BCUT2D eigenvalue weighted by molar-refractivity contribution is 0.397. The molecule has 0 unspecified atom stereocenters. The van der Waals surface area contributed by atoms with Gasteiger partial charge >= 0.3 is 0 Å². The summed E-state index contributed by atoms with van der Waals surface area (Å²) in [6, 6.07) is 9.26. The minimum absolute atomic E-state index is 0.0174. The van der Waals surface area contributed by atoms with Crippen molar-refractivity contribution in [3.63, 3.8) is 0 Å². The van der Waals surface area contributed by atoms with Crippen LogP contribution in [-0.2, 0) is 10.0 Å². The van der Waals surface area contributed by atoms with Crippen molar-refractivity contribution in [2.45, 2.75) is 4.90 Å². The zero-order chi connectivity index (χ0) is 16.4. The van der Waals surface area contributed by atoms with Gasteiger partial charge in [0.1, 0.15) is 0 Å². The zero-order valence-corrected chi connectivity index (χ0v) is 12.8. The van der Waals surface area contributed by atoms with Crippen molar-refractivity contribution in [3.8, 4) is 28.7 Å². The minimum Gasteiger partial charge on any atom is -0.481 e. The maximum absolute atomic E-state index is 11.2.